The van der Waals surface area contributed by atoms with Crippen LogP contribution in [0.25, 0.3) is 0 Å². The molecular weight excluding hydrogens is 258 g/mol. The summed E-state index contributed by atoms with van der Waals surface area (Å²) in [5, 5.41) is 9.63. The van der Waals surface area contributed by atoms with Crippen molar-refractivity contribution in [2.45, 2.75) is 78.1 Å². The van der Waals surface area contributed by atoms with Crippen LogP contribution < -0.4 is 0 Å². The molecule has 0 atom stereocenters. The van der Waals surface area contributed by atoms with E-state index in [1.165, 1.54) is 25.7 Å². The lowest BCUT2D eigenvalue weighted by Gasteiger charge is -2.17. The fraction of sp³-hybridized carbons (Fsp3) is 0.867. The van der Waals surface area contributed by atoms with E-state index in [1.807, 2.05) is 6.92 Å². The van der Waals surface area contributed by atoms with E-state index in [1.54, 1.807) is 0 Å². The van der Waals surface area contributed by atoms with Crippen LogP contribution in [0, 0.1) is 0 Å². The van der Waals surface area contributed by atoms with Gasteiger partial charge in [-0.2, -0.15) is 0 Å². The van der Waals surface area contributed by atoms with Gasteiger partial charge in [-0.25, -0.2) is 9.59 Å². The van der Waals surface area contributed by atoms with Crippen LogP contribution in [0.15, 0.2) is 0 Å². The summed E-state index contributed by atoms with van der Waals surface area (Å²) in [5.74, 6) is -0.447. The van der Waals surface area contributed by atoms with Crippen molar-refractivity contribution in [3.8, 4) is 0 Å². The van der Waals surface area contributed by atoms with E-state index < -0.39 is 12.1 Å². The van der Waals surface area contributed by atoms with E-state index in [2.05, 4.69) is 6.92 Å². The van der Waals surface area contributed by atoms with Gasteiger partial charge in [0.05, 0.1) is 6.54 Å². The van der Waals surface area contributed by atoms with Crippen molar-refractivity contribution in [2.75, 3.05) is 6.54 Å². The number of hydrogen-bond donors (Lipinski definition) is 1. The van der Waals surface area contributed by atoms with Crippen LogP contribution >= 0.6 is 0 Å². The Kier molecular flexibility index (Phi) is 12.0. The summed E-state index contributed by atoms with van der Waals surface area (Å²) < 4.78 is 0. The predicted molar refractivity (Wildman–Crippen MR) is 78.3 cm³/mol. The molecule has 1 N–H and O–H groups in total. The van der Waals surface area contributed by atoms with Crippen molar-refractivity contribution < 1.29 is 19.5 Å². The zero-order valence-electron chi connectivity index (χ0n) is 12.9. The smallest absolute Gasteiger partial charge is 0.440 e. The summed E-state index contributed by atoms with van der Waals surface area (Å²) >= 11 is 0. The van der Waals surface area contributed by atoms with Crippen molar-refractivity contribution >= 4 is 12.1 Å². The molecule has 0 unspecified atom stereocenters. The minimum absolute atomic E-state index is 0.245. The van der Waals surface area contributed by atoms with Gasteiger partial charge in [0.2, 0.25) is 0 Å². The van der Waals surface area contributed by atoms with Crippen molar-refractivity contribution in [2.24, 2.45) is 0 Å². The van der Waals surface area contributed by atoms with Crippen LogP contribution in [-0.4, -0.2) is 28.8 Å². The number of nitrogens with zero attached hydrogens (tertiary/aromatic N) is 1. The summed E-state index contributed by atoms with van der Waals surface area (Å²) in [4.78, 5) is 27.2. The Labute approximate surface area is 122 Å². The van der Waals surface area contributed by atoms with Crippen molar-refractivity contribution in [1.82, 2.24) is 5.06 Å². The largest absolute Gasteiger partial charge is 0.463 e. The van der Waals surface area contributed by atoms with Crippen LogP contribution in [0.5, 0.6) is 0 Å². The van der Waals surface area contributed by atoms with Gasteiger partial charge < -0.3 is 9.94 Å². The molecule has 0 bridgehead atoms. The highest BCUT2D eigenvalue weighted by molar-refractivity contribution is 5.72. The highest BCUT2D eigenvalue weighted by atomic mass is 16.7. The molecular formula is C15H29NO4. The Morgan fingerprint density at radius 3 is 2.00 bits per heavy atom. The van der Waals surface area contributed by atoms with Gasteiger partial charge in [-0.15, -0.1) is 5.06 Å². The van der Waals surface area contributed by atoms with E-state index in [0.717, 1.165) is 30.7 Å². The monoisotopic (exact) mass is 287 g/mol. The number of carbonyl (C=O) groups is 2. The number of carbonyl (C=O) groups excluding carboxylic acids is 1. The molecule has 0 radical (unpaired) electrons. The minimum atomic E-state index is -1.20. The number of unbranched alkanes of at least 4 members (excludes halogenated alkanes) is 7. The highest BCUT2D eigenvalue weighted by Crippen LogP contribution is 2.09. The average Bonchev–Trinajstić information content (AvgIpc) is 2.42. The Bertz CT molecular complexity index is 269. The summed E-state index contributed by atoms with van der Waals surface area (Å²) in [6.07, 6.45) is 8.51. The van der Waals surface area contributed by atoms with E-state index in [4.69, 9.17) is 9.94 Å². The summed E-state index contributed by atoms with van der Waals surface area (Å²) in [6, 6.07) is 0. The van der Waals surface area contributed by atoms with Crippen LogP contribution in [0.4, 0.5) is 4.79 Å². The normalized spacial score (nSPS) is 10.3. The first kappa shape index (κ1) is 18.7. The zero-order valence-corrected chi connectivity index (χ0v) is 12.9. The average molecular weight is 287 g/mol. The maximum absolute atomic E-state index is 11.5. The van der Waals surface area contributed by atoms with Crippen LogP contribution in [-0.2, 0) is 9.63 Å². The molecule has 0 aromatic heterocycles. The van der Waals surface area contributed by atoms with Crippen LogP contribution in [0.1, 0.15) is 78.1 Å². The van der Waals surface area contributed by atoms with Crippen molar-refractivity contribution in [3.05, 3.63) is 0 Å². The maximum atomic E-state index is 11.5. The summed E-state index contributed by atoms with van der Waals surface area (Å²) in [5.41, 5.74) is 0. The number of hydroxylamine groups is 2. The second-order valence-electron chi connectivity index (χ2n) is 5.07. The molecule has 0 fully saturated rings. The first-order valence-corrected chi connectivity index (χ1v) is 7.83. The molecule has 20 heavy (non-hydrogen) atoms. The number of rotatable bonds is 11. The SMILES string of the molecule is CCCCCCCCCC(=O)ON(CCCC)C(=O)O. The van der Waals surface area contributed by atoms with Crippen molar-refractivity contribution in [1.29, 1.82) is 0 Å². The zero-order chi connectivity index (χ0) is 15.2. The van der Waals surface area contributed by atoms with Gasteiger partial charge in [0.25, 0.3) is 0 Å². The lowest BCUT2D eigenvalue weighted by Crippen LogP contribution is -2.33. The van der Waals surface area contributed by atoms with Gasteiger partial charge in [0.1, 0.15) is 0 Å². The molecule has 0 aliphatic rings. The Balaban J connectivity index is 3.66. The van der Waals surface area contributed by atoms with Gasteiger partial charge in [0.15, 0.2) is 0 Å². The molecule has 0 rings (SSSR count). The molecule has 1 amide bonds. The lowest BCUT2D eigenvalue weighted by molar-refractivity contribution is -0.180. The second-order valence-corrected chi connectivity index (χ2v) is 5.07. The fourth-order valence-corrected chi connectivity index (χ4v) is 1.88. The summed E-state index contributed by atoms with van der Waals surface area (Å²) in [7, 11) is 0. The number of amides is 1. The number of hydrogen-bond acceptors (Lipinski definition) is 3. The molecule has 0 saturated carbocycles. The minimum Gasteiger partial charge on any atom is -0.463 e. The highest BCUT2D eigenvalue weighted by Gasteiger charge is 2.16. The first-order valence-electron chi connectivity index (χ1n) is 7.83. The Morgan fingerprint density at radius 2 is 1.45 bits per heavy atom. The molecule has 0 heterocycles. The van der Waals surface area contributed by atoms with E-state index in [9.17, 15) is 9.59 Å². The van der Waals surface area contributed by atoms with Gasteiger partial charge in [0, 0.05) is 6.42 Å². The van der Waals surface area contributed by atoms with E-state index >= 15 is 0 Å². The molecule has 0 aromatic carbocycles. The van der Waals surface area contributed by atoms with E-state index in [0.29, 0.717) is 12.8 Å². The quantitative estimate of drug-likeness (QED) is 0.453. The molecule has 0 saturated heterocycles. The molecule has 5 nitrogen and oxygen atoms in total. The molecule has 0 aliphatic carbocycles. The molecule has 0 spiro atoms. The van der Waals surface area contributed by atoms with Crippen LogP contribution in [0.3, 0.4) is 0 Å². The standard InChI is InChI=1S/C15H29NO4/c1-3-5-7-8-9-10-11-12-14(17)20-16(15(18)19)13-6-4-2/h3-13H2,1-2H3,(H,18,19). The molecule has 0 aromatic rings. The fourth-order valence-electron chi connectivity index (χ4n) is 1.88. The molecule has 5 heteroatoms. The lowest BCUT2D eigenvalue weighted by atomic mass is 10.1. The third-order valence-electron chi connectivity index (χ3n) is 3.12. The van der Waals surface area contributed by atoms with E-state index in [-0.39, 0.29) is 6.54 Å². The third kappa shape index (κ3) is 10.6. The third-order valence-corrected chi connectivity index (χ3v) is 3.12. The van der Waals surface area contributed by atoms with Gasteiger partial charge >= 0.3 is 12.1 Å². The van der Waals surface area contributed by atoms with Gasteiger partial charge in [-0.1, -0.05) is 58.8 Å². The predicted octanol–water partition coefficient (Wildman–Crippen LogP) is 4.37. The van der Waals surface area contributed by atoms with Gasteiger partial charge in [-0.05, 0) is 12.8 Å². The molecule has 118 valence electrons. The molecule has 0 aliphatic heterocycles. The topological polar surface area (TPSA) is 66.8 Å². The van der Waals surface area contributed by atoms with Crippen LogP contribution in [0.2, 0.25) is 0 Å². The first-order chi connectivity index (χ1) is 9.61. The number of carboxylic acid groups (broad SMARTS) is 1. The second kappa shape index (κ2) is 12.8. The maximum Gasteiger partial charge on any atom is 0.440 e. The van der Waals surface area contributed by atoms with Gasteiger partial charge in [-0.3, -0.25) is 0 Å². The summed E-state index contributed by atoms with van der Waals surface area (Å²) in [6.45, 7) is 4.39. The Morgan fingerprint density at radius 1 is 0.900 bits per heavy atom. The van der Waals surface area contributed by atoms with Crippen molar-refractivity contribution in [3.63, 3.8) is 0 Å². The Hall–Kier alpha value is -1.26.